The summed E-state index contributed by atoms with van der Waals surface area (Å²) in [7, 11) is 0. The highest BCUT2D eigenvalue weighted by molar-refractivity contribution is 6.00. The molecule has 0 aliphatic carbocycles. The van der Waals surface area contributed by atoms with Gasteiger partial charge in [-0.1, -0.05) is 29.4 Å². The summed E-state index contributed by atoms with van der Waals surface area (Å²) in [4.78, 5) is 20.8. The fourth-order valence-corrected chi connectivity index (χ4v) is 3.54. The number of ether oxygens (including phenoxy) is 2. The van der Waals surface area contributed by atoms with Crippen LogP contribution in [0.3, 0.4) is 0 Å². The van der Waals surface area contributed by atoms with Gasteiger partial charge in [-0.3, -0.25) is 10.2 Å². The molecule has 1 aliphatic heterocycles. The fraction of sp³-hybridized carbons (Fsp3) is 0.391. The van der Waals surface area contributed by atoms with Crippen molar-refractivity contribution in [3.63, 3.8) is 0 Å². The van der Waals surface area contributed by atoms with Gasteiger partial charge in [-0.2, -0.15) is 0 Å². The van der Waals surface area contributed by atoms with Crippen molar-refractivity contribution in [1.29, 1.82) is 0 Å². The smallest absolute Gasteiger partial charge is 0.266 e. The third-order valence-electron chi connectivity index (χ3n) is 5.35. The number of carbonyl (C=O) groups is 1. The standard InChI is InChI=1S/C23H27FN6O4/c1-16-23(22(32)29-26-12-11-24,15-18-5-2-3-6-20(18)28-30-25)27-21(34-16)17-7-9-19(10-8-17)33-14-4-13-31/h2-3,5-10,16,26,31H,4,11-15H2,1H3,(H,29,32)/t16-,23-/m0/s1. The first kappa shape index (κ1) is 25.0. The number of hydrogen-bond acceptors (Lipinski definition) is 7. The van der Waals surface area contributed by atoms with E-state index < -0.39 is 24.2 Å². The van der Waals surface area contributed by atoms with Gasteiger partial charge >= 0.3 is 0 Å². The van der Waals surface area contributed by atoms with Crippen molar-refractivity contribution < 1.29 is 23.8 Å². The molecule has 0 saturated heterocycles. The number of benzene rings is 2. The molecule has 0 unspecified atom stereocenters. The van der Waals surface area contributed by atoms with E-state index in [0.717, 1.165) is 0 Å². The zero-order valence-corrected chi connectivity index (χ0v) is 18.8. The van der Waals surface area contributed by atoms with Crippen molar-refractivity contribution in [1.82, 2.24) is 10.9 Å². The second-order valence-corrected chi connectivity index (χ2v) is 7.62. The van der Waals surface area contributed by atoms with E-state index in [0.29, 0.717) is 35.6 Å². The maximum absolute atomic E-state index is 13.3. The van der Waals surface area contributed by atoms with Crippen LogP contribution in [0.25, 0.3) is 10.4 Å². The van der Waals surface area contributed by atoms with Gasteiger partial charge in [-0.15, -0.1) is 0 Å². The van der Waals surface area contributed by atoms with Crippen LogP contribution in [0.1, 0.15) is 24.5 Å². The number of hydrogen-bond donors (Lipinski definition) is 3. The number of halogens is 1. The Morgan fingerprint density at radius 2 is 2.09 bits per heavy atom. The van der Waals surface area contributed by atoms with Crippen molar-refractivity contribution in [2.75, 3.05) is 26.4 Å². The number of alkyl halides is 1. The number of amides is 1. The molecule has 3 N–H and O–H groups in total. The molecule has 0 aromatic heterocycles. The summed E-state index contributed by atoms with van der Waals surface area (Å²) in [5.74, 6) is 0.408. The summed E-state index contributed by atoms with van der Waals surface area (Å²) in [6.45, 7) is 1.46. The lowest BCUT2D eigenvalue weighted by Gasteiger charge is -2.28. The molecule has 1 aliphatic rings. The Hall–Kier alpha value is -3.66. The summed E-state index contributed by atoms with van der Waals surface area (Å²) < 4.78 is 24.1. The Bertz CT molecular complexity index is 1060. The van der Waals surface area contributed by atoms with Gasteiger partial charge in [0, 0.05) is 42.2 Å². The van der Waals surface area contributed by atoms with Crippen LogP contribution in [-0.2, 0) is 16.0 Å². The zero-order valence-electron chi connectivity index (χ0n) is 18.8. The number of nitrogens with one attached hydrogen (secondary N) is 2. The molecular weight excluding hydrogens is 443 g/mol. The molecule has 0 radical (unpaired) electrons. The van der Waals surface area contributed by atoms with Gasteiger partial charge in [0.05, 0.1) is 6.61 Å². The Labute approximate surface area is 196 Å². The van der Waals surface area contributed by atoms with Crippen LogP contribution in [0.4, 0.5) is 10.1 Å². The average Bonchev–Trinajstić information content (AvgIpc) is 3.18. The van der Waals surface area contributed by atoms with Crippen LogP contribution in [-0.4, -0.2) is 55.0 Å². The third-order valence-corrected chi connectivity index (χ3v) is 5.35. The second kappa shape index (κ2) is 12.0. The molecule has 3 rings (SSSR count). The van der Waals surface area contributed by atoms with E-state index in [2.05, 4.69) is 20.9 Å². The minimum Gasteiger partial charge on any atom is -0.494 e. The molecule has 11 heteroatoms. The molecule has 0 fully saturated rings. The van der Waals surface area contributed by atoms with Crippen LogP contribution in [0.5, 0.6) is 5.75 Å². The van der Waals surface area contributed by atoms with Gasteiger partial charge in [-0.05, 0) is 42.3 Å². The third kappa shape index (κ3) is 5.82. The monoisotopic (exact) mass is 470 g/mol. The van der Waals surface area contributed by atoms with Crippen LogP contribution >= 0.6 is 0 Å². The predicted molar refractivity (Wildman–Crippen MR) is 125 cm³/mol. The lowest BCUT2D eigenvalue weighted by atomic mass is 9.85. The number of aliphatic hydroxyl groups is 1. The quantitative estimate of drug-likeness (QED) is 0.144. The zero-order chi connectivity index (χ0) is 24.4. The minimum atomic E-state index is -1.39. The number of azide groups is 1. The van der Waals surface area contributed by atoms with Crippen molar-refractivity contribution in [2.24, 2.45) is 10.1 Å². The molecule has 0 bridgehead atoms. The minimum absolute atomic E-state index is 0.0494. The summed E-state index contributed by atoms with van der Waals surface area (Å²) in [6, 6.07) is 14.0. The SMILES string of the molecule is C[C@@H]1OC(c2ccc(OCCCO)cc2)=N[C@]1(Cc1ccccc1N=[N+]=[N-])C(=O)NNCCF. The molecule has 2 aromatic rings. The van der Waals surface area contributed by atoms with E-state index in [4.69, 9.17) is 25.1 Å². The van der Waals surface area contributed by atoms with Gasteiger partial charge in [0.1, 0.15) is 18.5 Å². The molecule has 2 atom stereocenters. The predicted octanol–water partition coefficient (Wildman–Crippen LogP) is 3.13. The molecule has 1 amide bonds. The number of nitrogens with zero attached hydrogens (tertiary/aromatic N) is 4. The molecule has 0 spiro atoms. The summed E-state index contributed by atoms with van der Waals surface area (Å²) in [5.41, 5.74) is 14.2. The van der Waals surface area contributed by atoms with Crippen LogP contribution in [0.15, 0.2) is 58.6 Å². The maximum atomic E-state index is 13.3. The fourth-order valence-electron chi connectivity index (χ4n) is 3.54. The lowest BCUT2D eigenvalue weighted by molar-refractivity contribution is -0.129. The highest BCUT2D eigenvalue weighted by atomic mass is 19.1. The highest BCUT2D eigenvalue weighted by Crippen LogP contribution is 2.35. The van der Waals surface area contributed by atoms with Gasteiger partial charge in [-0.25, -0.2) is 14.8 Å². The Morgan fingerprint density at radius 3 is 2.79 bits per heavy atom. The summed E-state index contributed by atoms with van der Waals surface area (Å²) in [5, 5.41) is 12.6. The van der Waals surface area contributed by atoms with Gasteiger partial charge in [0.2, 0.25) is 5.90 Å². The molecule has 1 heterocycles. The van der Waals surface area contributed by atoms with Gasteiger partial charge < -0.3 is 14.6 Å². The molecule has 180 valence electrons. The van der Waals surface area contributed by atoms with Crippen LogP contribution in [0, 0.1) is 0 Å². The van der Waals surface area contributed by atoms with E-state index in [9.17, 15) is 9.18 Å². The Kier molecular flexibility index (Phi) is 8.80. The molecule has 0 saturated carbocycles. The summed E-state index contributed by atoms with van der Waals surface area (Å²) >= 11 is 0. The highest BCUT2D eigenvalue weighted by Gasteiger charge is 2.50. The van der Waals surface area contributed by atoms with Crippen molar-refractivity contribution in [2.45, 2.75) is 31.4 Å². The molecule has 34 heavy (non-hydrogen) atoms. The normalized spacial score (nSPS) is 19.0. The van der Waals surface area contributed by atoms with E-state index in [1.165, 1.54) is 0 Å². The van der Waals surface area contributed by atoms with E-state index in [1.807, 2.05) is 0 Å². The first-order valence-electron chi connectivity index (χ1n) is 10.9. The Balaban J connectivity index is 1.93. The van der Waals surface area contributed by atoms with Crippen LogP contribution in [0.2, 0.25) is 0 Å². The number of aliphatic hydroxyl groups excluding tert-OH is 1. The maximum Gasteiger partial charge on any atom is 0.266 e. The van der Waals surface area contributed by atoms with Crippen LogP contribution < -0.4 is 15.6 Å². The van der Waals surface area contributed by atoms with E-state index >= 15 is 0 Å². The number of aliphatic imine (C=N–C) groups is 1. The first-order valence-corrected chi connectivity index (χ1v) is 10.9. The lowest BCUT2D eigenvalue weighted by Crippen LogP contribution is -2.56. The molecule has 2 aromatic carbocycles. The second-order valence-electron chi connectivity index (χ2n) is 7.62. The number of carbonyl (C=O) groups excluding carboxylic acids is 1. The topological polar surface area (TPSA) is 141 Å². The van der Waals surface area contributed by atoms with Crippen molar-refractivity contribution >= 4 is 17.5 Å². The number of rotatable bonds is 12. The molecule has 10 nitrogen and oxygen atoms in total. The van der Waals surface area contributed by atoms with Crippen molar-refractivity contribution in [3.8, 4) is 5.75 Å². The average molecular weight is 471 g/mol. The summed E-state index contributed by atoms with van der Waals surface area (Å²) in [6.07, 6.45) is -0.0481. The largest absolute Gasteiger partial charge is 0.494 e. The van der Waals surface area contributed by atoms with E-state index in [-0.39, 0.29) is 25.5 Å². The van der Waals surface area contributed by atoms with Gasteiger partial charge in [0.15, 0.2) is 5.54 Å². The Morgan fingerprint density at radius 1 is 1.32 bits per heavy atom. The first-order chi connectivity index (χ1) is 16.5. The van der Waals surface area contributed by atoms with Gasteiger partial charge in [0.25, 0.3) is 5.91 Å². The molecular formula is C23H27FN6O4. The van der Waals surface area contributed by atoms with E-state index in [1.54, 1.807) is 55.5 Å². The van der Waals surface area contributed by atoms with Crippen molar-refractivity contribution in [3.05, 3.63) is 70.1 Å². The number of hydrazine groups is 1.